The van der Waals surface area contributed by atoms with Gasteiger partial charge in [0.05, 0.1) is 11.6 Å². The Kier molecular flexibility index (Phi) is 5.78. The molecule has 0 saturated heterocycles. The summed E-state index contributed by atoms with van der Waals surface area (Å²) in [6, 6.07) is 16.0. The summed E-state index contributed by atoms with van der Waals surface area (Å²) in [6.07, 6.45) is 1.02. The van der Waals surface area contributed by atoms with E-state index in [2.05, 4.69) is 66.3 Å². The van der Waals surface area contributed by atoms with E-state index in [1.807, 2.05) is 24.3 Å². The highest BCUT2D eigenvalue weighted by molar-refractivity contribution is 9.10. The summed E-state index contributed by atoms with van der Waals surface area (Å²) in [5.74, 6) is 0.268. The van der Waals surface area contributed by atoms with Crippen LogP contribution in [0, 0.1) is 5.92 Å². The molecule has 2 aromatic rings. The van der Waals surface area contributed by atoms with Gasteiger partial charge in [0.2, 0.25) is 0 Å². The quantitative estimate of drug-likeness (QED) is 0.786. The Hall–Kier alpha value is -1.61. The van der Waals surface area contributed by atoms with Gasteiger partial charge in [-0.2, -0.15) is 0 Å². The molecule has 22 heavy (non-hydrogen) atoms. The molecule has 116 valence electrons. The fourth-order valence-corrected chi connectivity index (χ4v) is 2.92. The molecule has 0 unspecified atom stereocenters. The first-order valence-corrected chi connectivity index (χ1v) is 8.46. The van der Waals surface area contributed by atoms with Crippen molar-refractivity contribution in [1.82, 2.24) is 5.32 Å². The molecule has 0 radical (unpaired) electrons. The van der Waals surface area contributed by atoms with Crippen LogP contribution in [0.15, 0.2) is 53.0 Å². The third kappa shape index (κ3) is 3.98. The van der Waals surface area contributed by atoms with Crippen LogP contribution in [0.2, 0.25) is 0 Å². The summed E-state index contributed by atoms with van der Waals surface area (Å²) in [6.45, 7) is 6.39. The number of benzene rings is 2. The van der Waals surface area contributed by atoms with E-state index in [9.17, 15) is 4.79 Å². The van der Waals surface area contributed by atoms with E-state index < -0.39 is 0 Å². The summed E-state index contributed by atoms with van der Waals surface area (Å²) in [4.78, 5) is 12.5. The number of hydrogen-bond acceptors (Lipinski definition) is 1. The smallest absolute Gasteiger partial charge is 0.252 e. The van der Waals surface area contributed by atoms with Gasteiger partial charge in [-0.1, -0.05) is 57.2 Å². The molecule has 1 N–H and O–H groups in total. The van der Waals surface area contributed by atoms with Gasteiger partial charge in [-0.05, 0) is 51.5 Å². The largest absolute Gasteiger partial charge is 0.345 e. The monoisotopic (exact) mass is 359 g/mol. The zero-order valence-electron chi connectivity index (χ0n) is 13.3. The van der Waals surface area contributed by atoms with Crippen molar-refractivity contribution in [3.05, 3.63) is 69.7 Å². The summed E-state index contributed by atoms with van der Waals surface area (Å²) < 4.78 is 0.816. The molecule has 2 rings (SSSR count). The maximum Gasteiger partial charge on any atom is 0.252 e. The summed E-state index contributed by atoms with van der Waals surface area (Å²) in [7, 11) is 0. The predicted octanol–water partition coefficient (Wildman–Crippen LogP) is 5.14. The zero-order chi connectivity index (χ0) is 16.1. The van der Waals surface area contributed by atoms with Crippen molar-refractivity contribution in [1.29, 1.82) is 0 Å². The van der Waals surface area contributed by atoms with Crippen LogP contribution < -0.4 is 5.32 Å². The number of rotatable bonds is 5. The van der Waals surface area contributed by atoms with Gasteiger partial charge in [0.15, 0.2) is 0 Å². The number of nitrogens with one attached hydrogen (secondary N) is 1. The second-order valence-electron chi connectivity index (χ2n) is 5.77. The predicted molar refractivity (Wildman–Crippen MR) is 95.0 cm³/mol. The molecule has 2 nitrogen and oxygen atoms in total. The lowest BCUT2D eigenvalue weighted by Crippen LogP contribution is -2.32. The maximum atomic E-state index is 12.5. The first kappa shape index (κ1) is 16.8. The number of hydrogen-bond donors (Lipinski definition) is 1. The number of carbonyl (C=O) groups excluding carboxylic acids is 1. The Labute approximate surface area is 141 Å². The highest BCUT2D eigenvalue weighted by Gasteiger charge is 2.20. The van der Waals surface area contributed by atoms with Crippen molar-refractivity contribution in [3.63, 3.8) is 0 Å². The molecular formula is C19H22BrNO. The van der Waals surface area contributed by atoms with Crippen LogP contribution in [0.25, 0.3) is 0 Å². The van der Waals surface area contributed by atoms with Crippen molar-refractivity contribution in [2.45, 2.75) is 33.2 Å². The molecule has 0 aromatic heterocycles. The second kappa shape index (κ2) is 7.59. The first-order chi connectivity index (χ1) is 10.5. The average molecular weight is 360 g/mol. The van der Waals surface area contributed by atoms with Crippen molar-refractivity contribution in [3.8, 4) is 0 Å². The molecule has 2 aromatic carbocycles. The van der Waals surface area contributed by atoms with Crippen LogP contribution in [-0.2, 0) is 6.42 Å². The third-order valence-electron chi connectivity index (χ3n) is 3.82. The molecule has 0 bridgehead atoms. The van der Waals surface area contributed by atoms with E-state index >= 15 is 0 Å². The molecular weight excluding hydrogens is 338 g/mol. The highest BCUT2D eigenvalue weighted by atomic mass is 79.9. The van der Waals surface area contributed by atoms with Gasteiger partial charge >= 0.3 is 0 Å². The fraction of sp³-hybridized carbons (Fsp3) is 0.316. The number of carbonyl (C=O) groups is 1. The summed E-state index contributed by atoms with van der Waals surface area (Å²) in [5.41, 5.74) is 3.12. The molecule has 0 heterocycles. The fourth-order valence-electron chi connectivity index (χ4n) is 2.46. The maximum absolute atomic E-state index is 12.5. The van der Waals surface area contributed by atoms with Crippen LogP contribution >= 0.6 is 15.9 Å². The molecule has 0 saturated carbocycles. The molecule has 1 amide bonds. The van der Waals surface area contributed by atoms with Gasteiger partial charge in [-0.25, -0.2) is 0 Å². The van der Waals surface area contributed by atoms with Crippen LogP contribution in [-0.4, -0.2) is 5.91 Å². The molecule has 0 spiro atoms. The molecule has 0 aliphatic carbocycles. The lowest BCUT2D eigenvalue weighted by Gasteiger charge is -2.23. The summed E-state index contributed by atoms with van der Waals surface area (Å²) >= 11 is 3.44. The topological polar surface area (TPSA) is 29.1 Å². The van der Waals surface area contributed by atoms with Gasteiger partial charge in [0.25, 0.3) is 5.91 Å². The molecule has 1 atom stereocenters. The van der Waals surface area contributed by atoms with E-state index in [1.54, 1.807) is 0 Å². The molecule has 0 aliphatic heterocycles. The molecule has 0 aliphatic rings. The normalized spacial score (nSPS) is 12.2. The molecule has 3 heteroatoms. The summed E-state index contributed by atoms with van der Waals surface area (Å²) in [5, 5.41) is 3.16. The van der Waals surface area contributed by atoms with Gasteiger partial charge in [0.1, 0.15) is 0 Å². The third-order valence-corrected chi connectivity index (χ3v) is 4.51. The zero-order valence-corrected chi connectivity index (χ0v) is 14.9. The Bertz CT molecular complexity index is 634. The second-order valence-corrected chi connectivity index (χ2v) is 6.62. The Morgan fingerprint density at radius 1 is 1.09 bits per heavy atom. The van der Waals surface area contributed by atoms with Crippen LogP contribution in [0.3, 0.4) is 0 Å². The van der Waals surface area contributed by atoms with Gasteiger partial charge in [0, 0.05) is 4.47 Å². The van der Waals surface area contributed by atoms with E-state index in [1.165, 1.54) is 5.56 Å². The van der Waals surface area contributed by atoms with Crippen molar-refractivity contribution < 1.29 is 4.79 Å². The SMILES string of the molecule is CCc1ccc([C@H](NC(=O)c2ccccc2Br)C(C)C)cc1. The highest BCUT2D eigenvalue weighted by Crippen LogP contribution is 2.24. The Morgan fingerprint density at radius 3 is 2.27 bits per heavy atom. The van der Waals surface area contributed by atoms with Gasteiger partial charge < -0.3 is 5.32 Å². The lowest BCUT2D eigenvalue weighted by molar-refractivity contribution is 0.0925. The van der Waals surface area contributed by atoms with E-state index in [0.29, 0.717) is 11.5 Å². The van der Waals surface area contributed by atoms with Crippen LogP contribution in [0.5, 0.6) is 0 Å². The average Bonchev–Trinajstić information content (AvgIpc) is 2.52. The minimum absolute atomic E-state index is 0.00510. The Balaban J connectivity index is 2.21. The lowest BCUT2D eigenvalue weighted by atomic mass is 9.94. The number of aryl methyl sites for hydroxylation is 1. The van der Waals surface area contributed by atoms with E-state index in [-0.39, 0.29) is 11.9 Å². The van der Waals surface area contributed by atoms with E-state index in [4.69, 9.17) is 0 Å². The van der Waals surface area contributed by atoms with Crippen LogP contribution in [0.1, 0.15) is 48.3 Å². The Morgan fingerprint density at radius 2 is 1.73 bits per heavy atom. The minimum Gasteiger partial charge on any atom is -0.345 e. The van der Waals surface area contributed by atoms with Crippen molar-refractivity contribution in [2.75, 3.05) is 0 Å². The van der Waals surface area contributed by atoms with Gasteiger partial charge in [-0.15, -0.1) is 0 Å². The first-order valence-electron chi connectivity index (χ1n) is 7.67. The van der Waals surface area contributed by atoms with Crippen LogP contribution in [0.4, 0.5) is 0 Å². The van der Waals surface area contributed by atoms with E-state index in [0.717, 1.165) is 16.5 Å². The van der Waals surface area contributed by atoms with Crippen molar-refractivity contribution in [2.24, 2.45) is 5.92 Å². The number of halogens is 1. The molecule has 0 fully saturated rings. The standard InChI is InChI=1S/C19H22BrNO/c1-4-14-9-11-15(12-10-14)18(13(2)3)21-19(22)16-7-5-6-8-17(16)20/h5-13,18H,4H2,1-3H3,(H,21,22)/t18-/m1/s1. The van der Waals surface area contributed by atoms with Crippen molar-refractivity contribution >= 4 is 21.8 Å². The minimum atomic E-state index is -0.0502. The number of amides is 1. The van der Waals surface area contributed by atoms with Gasteiger partial charge in [-0.3, -0.25) is 4.79 Å².